The topological polar surface area (TPSA) is 12.9 Å². The van der Waals surface area contributed by atoms with Gasteiger partial charge < -0.3 is 0 Å². The van der Waals surface area contributed by atoms with Crippen molar-refractivity contribution < 1.29 is 0 Å². The molecule has 0 amide bonds. The zero-order valence-corrected chi connectivity index (χ0v) is 13.2. The zero-order chi connectivity index (χ0) is 14.5. The minimum absolute atomic E-state index is 0.573. The molecular weight excluding hydrogens is 262 g/mol. The van der Waals surface area contributed by atoms with E-state index in [9.17, 15) is 0 Å². The Morgan fingerprint density at radius 3 is 2.25 bits per heavy atom. The van der Waals surface area contributed by atoms with Crippen LogP contribution in [-0.4, -0.2) is 10.2 Å². The molecule has 1 atom stereocenters. The van der Waals surface area contributed by atoms with Gasteiger partial charge in [0.25, 0.3) is 0 Å². The van der Waals surface area contributed by atoms with E-state index in [0.29, 0.717) is 5.25 Å². The van der Waals surface area contributed by atoms with Gasteiger partial charge in [-0.25, -0.2) is 0 Å². The fourth-order valence-corrected chi connectivity index (χ4v) is 3.23. The normalized spacial score (nSPS) is 12.2. The summed E-state index contributed by atoms with van der Waals surface area (Å²) in [6.45, 7) is 10.1. The number of aryl methyl sites for hydroxylation is 2. The van der Waals surface area contributed by atoms with Crippen LogP contribution in [-0.2, 0) is 0 Å². The number of pyridine rings is 1. The van der Waals surface area contributed by atoms with E-state index in [2.05, 4.69) is 54.9 Å². The highest BCUT2D eigenvalue weighted by atomic mass is 32.2. The van der Waals surface area contributed by atoms with Gasteiger partial charge in [0.2, 0.25) is 0 Å². The average Bonchev–Trinajstić information content (AvgIpc) is 2.38. The third-order valence-corrected chi connectivity index (χ3v) is 4.24. The Labute approximate surface area is 126 Å². The second-order valence-electron chi connectivity index (χ2n) is 5.12. The van der Waals surface area contributed by atoms with Crippen LogP contribution in [0.1, 0.15) is 24.7 Å². The van der Waals surface area contributed by atoms with Crippen LogP contribution in [0.15, 0.2) is 53.9 Å². The lowest BCUT2D eigenvalue weighted by Gasteiger charge is -2.10. The largest absolute Gasteiger partial charge is 0.258 e. The molecule has 0 aliphatic heterocycles. The molecule has 0 fully saturated rings. The van der Waals surface area contributed by atoms with E-state index < -0.39 is 0 Å². The molecule has 1 unspecified atom stereocenters. The maximum Gasteiger partial charge on any atom is 0.0382 e. The molecule has 0 radical (unpaired) electrons. The Kier molecular flexibility index (Phi) is 5.02. The summed E-state index contributed by atoms with van der Waals surface area (Å²) in [5.41, 5.74) is 4.63. The lowest BCUT2D eigenvalue weighted by molar-refractivity contribution is 0.982. The molecule has 0 spiro atoms. The van der Waals surface area contributed by atoms with Crippen molar-refractivity contribution in [3.8, 4) is 11.1 Å². The van der Waals surface area contributed by atoms with Gasteiger partial charge in [-0.2, -0.15) is 0 Å². The fourth-order valence-electron chi connectivity index (χ4n) is 2.24. The number of aromatic nitrogens is 1. The van der Waals surface area contributed by atoms with Crippen molar-refractivity contribution in [3.63, 3.8) is 0 Å². The second-order valence-corrected chi connectivity index (χ2v) is 6.63. The standard InChI is InChI=1S/C18H21NS/c1-5-6-15(4)20-18-9-7-16(8-10-18)17-11-13(2)19-14(3)12-17/h5,7-12,15H,1,6H2,2-4H3. The highest BCUT2D eigenvalue weighted by Gasteiger charge is 2.04. The van der Waals surface area contributed by atoms with Crippen molar-refractivity contribution in [2.45, 2.75) is 37.3 Å². The minimum atomic E-state index is 0.573. The van der Waals surface area contributed by atoms with E-state index in [1.54, 1.807) is 0 Å². The van der Waals surface area contributed by atoms with Gasteiger partial charge in [0, 0.05) is 21.5 Å². The summed E-state index contributed by atoms with van der Waals surface area (Å²) in [6.07, 6.45) is 3.02. The van der Waals surface area contributed by atoms with Gasteiger partial charge in [-0.3, -0.25) is 4.98 Å². The number of thioether (sulfide) groups is 1. The fraction of sp³-hybridized carbons (Fsp3) is 0.278. The van der Waals surface area contributed by atoms with Gasteiger partial charge in [-0.1, -0.05) is 25.1 Å². The van der Waals surface area contributed by atoms with Crippen molar-refractivity contribution >= 4 is 11.8 Å². The summed E-state index contributed by atoms with van der Waals surface area (Å²) in [6, 6.07) is 13.1. The Morgan fingerprint density at radius 1 is 1.10 bits per heavy atom. The van der Waals surface area contributed by atoms with Crippen molar-refractivity contribution in [3.05, 3.63) is 60.4 Å². The number of benzene rings is 1. The molecule has 1 nitrogen and oxygen atoms in total. The van der Waals surface area contributed by atoms with Gasteiger partial charge in [0.1, 0.15) is 0 Å². The van der Waals surface area contributed by atoms with Crippen LogP contribution in [0.25, 0.3) is 11.1 Å². The Bertz CT molecular complexity index is 567. The zero-order valence-electron chi connectivity index (χ0n) is 12.4. The maximum atomic E-state index is 4.42. The summed E-state index contributed by atoms with van der Waals surface area (Å²) >= 11 is 1.89. The lowest BCUT2D eigenvalue weighted by Crippen LogP contribution is -1.92. The molecule has 2 aromatic rings. The van der Waals surface area contributed by atoms with Crippen molar-refractivity contribution in [1.82, 2.24) is 4.98 Å². The summed E-state index contributed by atoms with van der Waals surface area (Å²) in [4.78, 5) is 5.73. The number of nitrogens with zero attached hydrogens (tertiary/aromatic N) is 1. The molecule has 0 N–H and O–H groups in total. The molecule has 1 heterocycles. The molecule has 0 saturated carbocycles. The molecule has 2 heteroatoms. The molecule has 0 aliphatic carbocycles. The summed E-state index contributed by atoms with van der Waals surface area (Å²) in [5, 5.41) is 0.573. The minimum Gasteiger partial charge on any atom is -0.258 e. The van der Waals surface area contributed by atoms with E-state index in [1.807, 2.05) is 31.7 Å². The first kappa shape index (κ1) is 14.9. The SMILES string of the molecule is C=CCC(C)Sc1ccc(-c2cc(C)nc(C)c2)cc1. The average molecular weight is 283 g/mol. The first-order chi connectivity index (χ1) is 9.58. The van der Waals surface area contributed by atoms with Crippen molar-refractivity contribution in [1.29, 1.82) is 0 Å². The molecule has 0 bridgehead atoms. The van der Waals surface area contributed by atoms with Crippen LogP contribution in [0.2, 0.25) is 0 Å². The molecule has 1 aromatic carbocycles. The molecular formula is C18H21NS. The highest BCUT2D eigenvalue weighted by Crippen LogP contribution is 2.28. The monoisotopic (exact) mass is 283 g/mol. The van der Waals surface area contributed by atoms with Gasteiger partial charge in [0.05, 0.1) is 0 Å². The van der Waals surface area contributed by atoms with Crippen LogP contribution >= 0.6 is 11.8 Å². The highest BCUT2D eigenvalue weighted by molar-refractivity contribution is 7.99. The van der Waals surface area contributed by atoms with Gasteiger partial charge in [0.15, 0.2) is 0 Å². The van der Waals surface area contributed by atoms with Gasteiger partial charge in [-0.05, 0) is 55.7 Å². The van der Waals surface area contributed by atoms with E-state index in [1.165, 1.54) is 16.0 Å². The maximum absolute atomic E-state index is 4.42. The number of hydrogen-bond donors (Lipinski definition) is 0. The predicted molar refractivity (Wildman–Crippen MR) is 89.3 cm³/mol. The predicted octanol–water partition coefficient (Wildman–Crippen LogP) is 5.42. The molecule has 20 heavy (non-hydrogen) atoms. The first-order valence-corrected chi connectivity index (χ1v) is 7.79. The van der Waals surface area contributed by atoms with Gasteiger partial charge in [-0.15, -0.1) is 18.3 Å². The molecule has 104 valence electrons. The molecule has 0 aliphatic rings. The third-order valence-electron chi connectivity index (χ3n) is 3.10. The van der Waals surface area contributed by atoms with Crippen LogP contribution in [0.3, 0.4) is 0 Å². The molecule has 0 saturated heterocycles. The Hall–Kier alpha value is -1.54. The molecule has 2 rings (SSSR count). The smallest absolute Gasteiger partial charge is 0.0382 e. The van der Waals surface area contributed by atoms with Crippen molar-refractivity contribution in [2.24, 2.45) is 0 Å². The summed E-state index contributed by atoms with van der Waals surface area (Å²) in [5.74, 6) is 0. The van der Waals surface area contributed by atoms with Gasteiger partial charge >= 0.3 is 0 Å². The van der Waals surface area contributed by atoms with Crippen LogP contribution < -0.4 is 0 Å². The summed E-state index contributed by atoms with van der Waals surface area (Å²) in [7, 11) is 0. The Balaban J connectivity index is 2.17. The molecule has 1 aromatic heterocycles. The second kappa shape index (κ2) is 6.76. The van der Waals surface area contributed by atoms with E-state index in [0.717, 1.165) is 17.8 Å². The lowest BCUT2D eigenvalue weighted by atomic mass is 10.1. The van der Waals surface area contributed by atoms with Crippen molar-refractivity contribution in [2.75, 3.05) is 0 Å². The number of rotatable bonds is 5. The van der Waals surface area contributed by atoms with Crippen LogP contribution in [0, 0.1) is 13.8 Å². The van der Waals surface area contributed by atoms with E-state index in [4.69, 9.17) is 0 Å². The van der Waals surface area contributed by atoms with Crippen LogP contribution in [0.5, 0.6) is 0 Å². The summed E-state index contributed by atoms with van der Waals surface area (Å²) < 4.78 is 0. The Morgan fingerprint density at radius 2 is 1.70 bits per heavy atom. The van der Waals surface area contributed by atoms with E-state index in [-0.39, 0.29) is 0 Å². The third kappa shape index (κ3) is 3.97. The number of hydrogen-bond acceptors (Lipinski definition) is 2. The van der Waals surface area contributed by atoms with Crippen LogP contribution in [0.4, 0.5) is 0 Å². The number of allylic oxidation sites excluding steroid dienone is 1. The van der Waals surface area contributed by atoms with E-state index >= 15 is 0 Å². The first-order valence-electron chi connectivity index (χ1n) is 6.92. The quantitative estimate of drug-likeness (QED) is 0.536.